The minimum atomic E-state index is -0.462. The van der Waals surface area contributed by atoms with Crippen molar-refractivity contribution in [3.8, 4) is 11.3 Å². The van der Waals surface area contributed by atoms with Crippen LogP contribution in [0.1, 0.15) is 30.1 Å². The molecule has 7 nitrogen and oxygen atoms in total. The van der Waals surface area contributed by atoms with Crippen LogP contribution in [0.5, 0.6) is 0 Å². The van der Waals surface area contributed by atoms with Crippen molar-refractivity contribution in [2.24, 2.45) is 0 Å². The van der Waals surface area contributed by atoms with Gasteiger partial charge in [-0.25, -0.2) is 19.3 Å². The standard InChI is InChI=1S/C20H20FN7/c21-9-13-2-1-3-15(8-13)17-11-22-18(26-17)14-4-6-28(7-5-14)20-16-10-25-27-19(16)23-12-24-20/h1-3,8,10-12,14H,4-7,9H2,(H,22,26)(H,23,24,25,27). The van der Waals surface area contributed by atoms with Gasteiger partial charge in [0.25, 0.3) is 0 Å². The van der Waals surface area contributed by atoms with Crippen molar-refractivity contribution in [1.82, 2.24) is 30.1 Å². The summed E-state index contributed by atoms with van der Waals surface area (Å²) in [6, 6.07) is 7.48. The molecule has 4 heterocycles. The van der Waals surface area contributed by atoms with Crippen LogP contribution in [-0.4, -0.2) is 43.2 Å². The fourth-order valence-corrected chi connectivity index (χ4v) is 3.88. The molecule has 1 fully saturated rings. The van der Waals surface area contributed by atoms with Crippen LogP contribution in [0.4, 0.5) is 10.2 Å². The topological polar surface area (TPSA) is 86.4 Å². The number of piperidine rings is 1. The van der Waals surface area contributed by atoms with E-state index in [1.165, 1.54) is 0 Å². The highest BCUT2D eigenvalue weighted by Gasteiger charge is 2.25. The van der Waals surface area contributed by atoms with Crippen LogP contribution in [0.25, 0.3) is 22.3 Å². The van der Waals surface area contributed by atoms with Crippen molar-refractivity contribution in [3.63, 3.8) is 0 Å². The molecule has 28 heavy (non-hydrogen) atoms. The van der Waals surface area contributed by atoms with Crippen molar-refractivity contribution >= 4 is 16.9 Å². The molecule has 4 aromatic rings. The fraction of sp³-hybridized carbons (Fsp3) is 0.300. The molecule has 0 aliphatic carbocycles. The average Bonchev–Trinajstić information content (AvgIpc) is 3.43. The molecule has 0 atom stereocenters. The third-order valence-corrected chi connectivity index (χ3v) is 5.38. The molecule has 0 unspecified atom stereocenters. The van der Waals surface area contributed by atoms with E-state index in [2.05, 4.69) is 30.0 Å². The molecule has 0 spiro atoms. The third-order valence-electron chi connectivity index (χ3n) is 5.38. The molecule has 142 valence electrons. The number of hydrogen-bond acceptors (Lipinski definition) is 5. The number of aromatic nitrogens is 6. The molecular weight excluding hydrogens is 357 g/mol. The largest absolute Gasteiger partial charge is 0.356 e. The average molecular weight is 377 g/mol. The first-order valence-corrected chi connectivity index (χ1v) is 9.41. The molecule has 3 aromatic heterocycles. The summed E-state index contributed by atoms with van der Waals surface area (Å²) in [5, 5.41) is 7.92. The van der Waals surface area contributed by atoms with Gasteiger partial charge in [0.1, 0.15) is 24.6 Å². The Labute approximate surface area is 161 Å². The Kier molecular flexibility index (Phi) is 4.23. The van der Waals surface area contributed by atoms with E-state index in [9.17, 15) is 4.39 Å². The number of imidazole rings is 1. The Hall–Kier alpha value is -3.29. The number of benzene rings is 1. The maximum atomic E-state index is 12.9. The summed E-state index contributed by atoms with van der Waals surface area (Å²) in [7, 11) is 0. The Balaban J connectivity index is 1.31. The molecule has 0 saturated carbocycles. The van der Waals surface area contributed by atoms with Crippen LogP contribution >= 0.6 is 0 Å². The lowest BCUT2D eigenvalue weighted by Crippen LogP contribution is -2.33. The van der Waals surface area contributed by atoms with Gasteiger partial charge < -0.3 is 9.88 Å². The fourth-order valence-electron chi connectivity index (χ4n) is 3.88. The van der Waals surface area contributed by atoms with E-state index in [1.54, 1.807) is 18.6 Å². The predicted octanol–water partition coefficient (Wildman–Crippen LogP) is 3.60. The second-order valence-corrected chi connectivity index (χ2v) is 7.10. The molecule has 1 aliphatic heterocycles. The van der Waals surface area contributed by atoms with Crippen molar-refractivity contribution in [2.75, 3.05) is 18.0 Å². The van der Waals surface area contributed by atoms with Crippen LogP contribution in [0.3, 0.4) is 0 Å². The number of rotatable bonds is 4. The lowest BCUT2D eigenvalue weighted by molar-refractivity contribution is 0.485. The number of nitrogens with zero attached hydrogens (tertiary/aromatic N) is 5. The van der Waals surface area contributed by atoms with E-state index < -0.39 is 6.67 Å². The van der Waals surface area contributed by atoms with E-state index in [1.807, 2.05) is 24.4 Å². The summed E-state index contributed by atoms with van der Waals surface area (Å²) >= 11 is 0. The molecule has 1 aliphatic rings. The molecule has 1 aromatic carbocycles. The van der Waals surface area contributed by atoms with Gasteiger partial charge in [0, 0.05) is 30.8 Å². The van der Waals surface area contributed by atoms with E-state index in [-0.39, 0.29) is 0 Å². The lowest BCUT2D eigenvalue weighted by atomic mass is 9.96. The molecule has 0 radical (unpaired) electrons. The van der Waals surface area contributed by atoms with Gasteiger partial charge in [-0.15, -0.1) is 0 Å². The minimum Gasteiger partial charge on any atom is -0.356 e. The van der Waals surface area contributed by atoms with Gasteiger partial charge in [-0.2, -0.15) is 5.10 Å². The van der Waals surface area contributed by atoms with Gasteiger partial charge in [-0.05, 0) is 24.5 Å². The first-order chi connectivity index (χ1) is 13.8. The highest BCUT2D eigenvalue weighted by molar-refractivity contribution is 5.86. The number of nitrogens with one attached hydrogen (secondary N) is 2. The molecular formula is C20H20FN7. The van der Waals surface area contributed by atoms with E-state index in [0.29, 0.717) is 11.5 Å². The Morgan fingerprint density at radius 1 is 1.18 bits per heavy atom. The zero-order chi connectivity index (χ0) is 18.9. The monoisotopic (exact) mass is 377 g/mol. The maximum Gasteiger partial charge on any atom is 0.160 e. The molecule has 2 N–H and O–H groups in total. The van der Waals surface area contributed by atoms with Crippen LogP contribution in [0.2, 0.25) is 0 Å². The maximum absolute atomic E-state index is 12.9. The Morgan fingerprint density at radius 3 is 2.93 bits per heavy atom. The van der Waals surface area contributed by atoms with Gasteiger partial charge in [-0.3, -0.25) is 5.10 Å². The summed E-state index contributed by atoms with van der Waals surface area (Å²) in [5.41, 5.74) is 3.24. The Bertz CT molecular complexity index is 1090. The summed E-state index contributed by atoms with van der Waals surface area (Å²) < 4.78 is 12.9. The molecule has 5 rings (SSSR count). The smallest absolute Gasteiger partial charge is 0.160 e. The molecule has 8 heteroatoms. The molecule has 0 bridgehead atoms. The summed E-state index contributed by atoms with van der Waals surface area (Å²) in [6.45, 7) is 1.33. The van der Waals surface area contributed by atoms with Gasteiger partial charge in [-0.1, -0.05) is 18.2 Å². The molecule has 0 amide bonds. The number of H-pyrrole nitrogens is 2. The Morgan fingerprint density at radius 2 is 2.07 bits per heavy atom. The van der Waals surface area contributed by atoms with Crippen molar-refractivity contribution in [1.29, 1.82) is 0 Å². The van der Waals surface area contributed by atoms with Crippen molar-refractivity contribution in [3.05, 3.63) is 54.4 Å². The minimum absolute atomic E-state index is 0.371. The lowest BCUT2D eigenvalue weighted by Gasteiger charge is -2.32. The predicted molar refractivity (Wildman–Crippen MR) is 105 cm³/mol. The first kappa shape index (κ1) is 16.9. The van der Waals surface area contributed by atoms with Crippen molar-refractivity contribution in [2.45, 2.75) is 25.4 Å². The number of fused-ring (bicyclic) bond motifs is 1. The van der Waals surface area contributed by atoms with Crippen LogP contribution in [0.15, 0.2) is 43.0 Å². The van der Waals surface area contributed by atoms with Crippen LogP contribution in [0, 0.1) is 0 Å². The van der Waals surface area contributed by atoms with E-state index in [0.717, 1.165) is 59.9 Å². The summed E-state index contributed by atoms with van der Waals surface area (Å²) in [5.74, 6) is 2.30. The highest BCUT2D eigenvalue weighted by Crippen LogP contribution is 2.31. The van der Waals surface area contributed by atoms with Gasteiger partial charge >= 0.3 is 0 Å². The first-order valence-electron chi connectivity index (χ1n) is 9.41. The third kappa shape index (κ3) is 3.00. The number of aromatic amines is 2. The van der Waals surface area contributed by atoms with Gasteiger partial charge in [0.2, 0.25) is 0 Å². The SMILES string of the molecule is FCc1cccc(-c2c[nH]c(C3CCN(c4ncnc5[nH]ncc45)CC3)n2)c1. The number of anilines is 1. The quantitative estimate of drug-likeness (QED) is 0.567. The summed E-state index contributed by atoms with van der Waals surface area (Å²) in [6.07, 6.45) is 7.24. The number of halogens is 1. The zero-order valence-electron chi connectivity index (χ0n) is 15.3. The highest BCUT2D eigenvalue weighted by atomic mass is 19.1. The van der Waals surface area contributed by atoms with E-state index >= 15 is 0 Å². The van der Waals surface area contributed by atoms with Crippen LogP contribution in [-0.2, 0) is 6.67 Å². The van der Waals surface area contributed by atoms with Crippen LogP contribution < -0.4 is 4.90 Å². The number of alkyl halides is 1. The summed E-state index contributed by atoms with van der Waals surface area (Å²) in [4.78, 5) is 19.1. The normalized spacial score (nSPS) is 15.4. The van der Waals surface area contributed by atoms with Gasteiger partial charge in [0.05, 0.1) is 17.3 Å². The van der Waals surface area contributed by atoms with E-state index in [4.69, 9.17) is 4.98 Å². The van der Waals surface area contributed by atoms with Crippen molar-refractivity contribution < 1.29 is 4.39 Å². The van der Waals surface area contributed by atoms with Gasteiger partial charge in [0.15, 0.2) is 5.65 Å². The second-order valence-electron chi connectivity index (χ2n) is 7.10. The number of hydrogen-bond donors (Lipinski definition) is 2. The second kappa shape index (κ2) is 7.03. The molecule has 1 saturated heterocycles. The zero-order valence-corrected chi connectivity index (χ0v) is 15.3.